The molecule has 0 radical (unpaired) electrons. The van der Waals surface area contributed by atoms with E-state index in [4.69, 9.17) is 4.74 Å². The molecule has 0 heterocycles. The first-order valence-corrected chi connectivity index (χ1v) is 4.47. The van der Waals surface area contributed by atoms with Crippen LogP contribution >= 0.6 is 0 Å². The number of hydrogen-bond donors (Lipinski definition) is 1. The van der Waals surface area contributed by atoms with Gasteiger partial charge in [-0.3, -0.25) is 0 Å². The fourth-order valence-corrected chi connectivity index (χ4v) is 0.935. The summed E-state index contributed by atoms with van der Waals surface area (Å²) in [4.78, 5) is 0. The number of methoxy groups -OCH3 is 1. The van der Waals surface area contributed by atoms with Gasteiger partial charge in [0.15, 0.2) is 0 Å². The molecular formula is C9H21NO. The Balaban J connectivity index is 2.80. The van der Waals surface area contributed by atoms with Crippen molar-refractivity contribution in [2.24, 2.45) is 5.92 Å². The topological polar surface area (TPSA) is 21.3 Å². The number of nitrogens with one attached hydrogen (secondary N) is 1. The molecule has 11 heavy (non-hydrogen) atoms. The van der Waals surface area contributed by atoms with Gasteiger partial charge in [-0.1, -0.05) is 13.8 Å². The smallest absolute Gasteiger partial charge is 0.0587 e. The van der Waals surface area contributed by atoms with Gasteiger partial charge >= 0.3 is 0 Å². The van der Waals surface area contributed by atoms with Crippen LogP contribution in [0.15, 0.2) is 0 Å². The predicted octanol–water partition coefficient (Wildman–Crippen LogP) is 1.66. The summed E-state index contributed by atoms with van der Waals surface area (Å²) in [5.41, 5.74) is 0. The molecule has 0 aromatic heterocycles. The lowest BCUT2D eigenvalue weighted by atomic mass is 10.1. The second kappa shape index (κ2) is 8.02. The third kappa shape index (κ3) is 9.92. The van der Waals surface area contributed by atoms with Gasteiger partial charge in [-0.05, 0) is 25.3 Å². The number of ether oxygens (including phenoxy) is 1. The van der Waals surface area contributed by atoms with Crippen molar-refractivity contribution < 1.29 is 4.74 Å². The van der Waals surface area contributed by atoms with Crippen LogP contribution in [0, 0.1) is 5.92 Å². The van der Waals surface area contributed by atoms with Crippen LogP contribution in [0.4, 0.5) is 0 Å². The summed E-state index contributed by atoms with van der Waals surface area (Å²) < 4.78 is 4.91. The summed E-state index contributed by atoms with van der Waals surface area (Å²) in [6.45, 7) is 7.45. The highest BCUT2D eigenvalue weighted by Crippen LogP contribution is 2.01. The third-order valence-corrected chi connectivity index (χ3v) is 1.62. The van der Waals surface area contributed by atoms with Crippen LogP contribution in [-0.4, -0.2) is 26.8 Å². The van der Waals surface area contributed by atoms with Gasteiger partial charge in [-0.15, -0.1) is 0 Å². The van der Waals surface area contributed by atoms with Crippen molar-refractivity contribution in [3.8, 4) is 0 Å². The minimum absolute atomic E-state index is 0.821. The standard InChI is InChI=1S/C9H21NO/c1-9(2)5-4-6-10-7-8-11-3/h9-10H,4-8H2,1-3H3. The Morgan fingerprint density at radius 1 is 1.27 bits per heavy atom. The lowest BCUT2D eigenvalue weighted by molar-refractivity contribution is 0.199. The molecule has 0 saturated heterocycles. The Labute approximate surface area is 70.3 Å². The molecular weight excluding hydrogens is 138 g/mol. The van der Waals surface area contributed by atoms with Gasteiger partial charge in [0.2, 0.25) is 0 Å². The van der Waals surface area contributed by atoms with Gasteiger partial charge in [-0.25, -0.2) is 0 Å². The van der Waals surface area contributed by atoms with E-state index in [-0.39, 0.29) is 0 Å². The van der Waals surface area contributed by atoms with Crippen molar-refractivity contribution in [2.45, 2.75) is 26.7 Å². The minimum atomic E-state index is 0.821. The van der Waals surface area contributed by atoms with Crippen LogP contribution in [0.3, 0.4) is 0 Å². The Hall–Kier alpha value is -0.0800. The van der Waals surface area contributed by atoms with Crippen molar-refractivity contribution >= 4 is 0 Å². The maximum atomic E-state index is 4.91. The average Bonchev–Trinajstić information content (AvgIpc) is 1.96. The summed E-state index contributed by atoms with van der Waals surface area (Å²) in [6.07, 6.45) is 2.60. The van der Waals surface area contributed by atoms with Gasteiger partial charge in [0, 0.05) is 13.7 Å². The molecule has 0 spiro atoms. The van der Waals surface area contributed by atoms with E-state index in [1.165, 1.54) is 12.8 Å². The highest BCUT2D eigenvalue weighted by Gasteiger charge is 1.92. The van der Waals surface area contributed by atoms with Gasteiger partial charge in [0.05, 0.1) is 6.61 Å². The lowest BCUT2D eigenvalue weighted by Crippen LogP contribution is -2.20. The molecule has 0 bridgehead atoms. The summed E-state index contributed by atoms with van der Waals surface area (Å²) >= 11 is 0. The Morgan fingerprint density at radius 2 is 2.00 bits per heavy atom. The normalized spacial score (nSPS) is 10.9. The fraction of sp³-hybridized carbons (Fsp3) is 1.00. The molecule has 1 N–H and O–H groups in total. The zero-order chi connectivity index (χ0) is 8.53. The summed E-state index contributed by atoms with van der Waals surface area (Å²) in [6, 6.07) is 0. The second-order valence-corrected chi connectivity index (χ2v) is 3.28. The first kappa shape index (κ1) is 10.9. The minimum Gasteiger partial charge on any atom is -0.383 e. The van der Waals surface area contributed by atoms with E-state index in [0.29, 0.717) is 0 Å². The molecule has 0 amide bonds. The van der Waals surface area contributed by atoms with Crippen LogP contribution in [0.5, 0.6) is 0 Å². The Bertz CT molecular complexity index is 74.0. The van der Waals surface area contributed by atoms with Crippen molar-refractivity contribution in [1.29, 1.82) is 0 Å². The molecule has 0 rings (SSSR count). The van der Waals surface area contributed by atoms with Crippen molar-refractivity contribution in [3.05, 3.63) is 0 Å². The van der Waals surface area contributed by atoms with Crippen molar-refractivity contribution in [3.63, 3.8) is 0 Å². The summed E-state index contributed by atoms with van der Waals surface area (Å²) in [7, 11) is 1.73. The number of hydrogen-bond acceptors (Lipinski definition) is 2. The van der Waals surface area contributed by atoms with E-state index < -0.39 is 0 Å². The molecule has 0 aliphatic rings. The first-order valence-electron chi connectivity index (χ1n) is 4.47. The number of rotatable bonds is 7. The largest absolute Gasteiger partial charge is 0.383 e. The van der Waals surface area contributed by atoms with E-state index in [0.717, 1.165) is 25.6 Å². The molecule has 68 valence electrons. The predicted molar refractivity (Wildman–Crippen MR) is 48.8 cm³/mol. The average molecular weight is 159 g/mol. The van der Waals surface area contributed by atoms with E-state index >= 15 is 0 Å². The summed E-state index contributed by atoms with van der Waals surface area (Å²) in [5.74, 6) is 0.833. The third-order valence-electron chi connectivity index (χ3n) is 1.62. The molecule has 0 unspecified atom stereocenters. The monoisotopic (exact) mass is 159 g/mol. The second-order valence-electron chi connectivity index (χ2n) is 3.28. The Morgan fingerprint density at radius 3 is 2.55 bits per heavy atom. The maximum Gasteiger partial charge on any atom is 0.0587 e. The van der Waals surface area contributed by atoms with Gasteiger partial charge in [0.1, 0.15) is 0 Å². The SMILES string of the molecule is COCCNCCCC(C)C. The summed E-state index contributed by atoms with van der Waals surface area (Å²) in [5, 5.41) is 3.32. The fourth-order valence-electron chi connectivity index (χ4n) is 0.935. The zero-order valence-electron chi connectivity index (χ0n) is 8.02. The zero-order valence-corrected chi connectivity index (χ0v) is 8.02. The van der Waals surface area contributed by atoms with Crippen molar-refractivity contribution in [2.75, 3.05) is 26.8 Å². The van der Waals surface area contributed by atoms with Crippen LogP contribution in [0.25, 0.3) is 0 Å². The quantitative estimate of drug-likeness (QED) is 0.570. The highest BCUT2D eigenvalue weighted by atomic mass is 16.5. The van der Waals surface area contributed by atoms with Gasteiger partial charge < -0.3 is 10.1 Å². The highest BCUT2D eigenvalue weighted by molar-refractivity contribution is 4.49. The molecule has 2 heteroatoms. The van der Waals surface area contributed by atoms with Crippen LogP contribution in [0.2, 0.25) is 0 Å². The molecule has 0 aromatic rings. The van der Waals surface area contributed by atoms with Gasteiger partial charge in [0.25, 0.3) is 0 Å². The molecule has 0 atom stereocenters. The maximum absolute atomic E-state index is 4.91. The molecule has 0 aliphatic carbocycles. The van der Waals surface area contributed by atoms with E-state index in [2.05, 4.69) is 19.2 Å². The van der Waals surface area contributed by atoms with Crippen LogP contribution < -0.4 is 5.32 Å². The van der Waals surface area contributed by atoms with Crippen LogP contribution in [-0.2, 0) is 4.74 Å². The van der Waals surface area contributed by atoms with Gasteiger partial charge in [-0.2, -0.15) is 0 Å². The first-order chi connectivity index (χ1) is 5.27. The Kier molecular flexibility index (Phi) is 7.96. The molecule has 0 saturated carbocycles. The van der Waals surface area contributed by atoms with Crippen molar-refractivity contribution in [1.82, 2.24) is 5.32 Å². The molecule has 0 fully saturated rings. The lowest BCUT2D eigenvalue weighted by Gasteiger charge is -2.05. The van der Waals surface area contributed by atoms with E-state index in [9.17, 15) is 0 Å². The molecule has 0 aromatic carbocycles. The van der Waals surface area contributed by atoms with E-state index in [1.54, 1.807) is 7.11 Å². The molecule has 2 nitrogen and oxygen atoms in total. The molecule has 0 aliphatic heterocycles. The van der Waals surface area contributed by atoms with E-state index in [1.807, 2.05) is 0 Å². The van der Waals surface area contributed by atoms with Crippen LogP contribution in [0.1, 0.15) is 26.7 Å².